The summed E-state index contributed by atoms with van der Waals surface area (Å²) in [7, 11) is -3.43. The number of aryl methyl sites for hydroxylation is 2. The van der Waals surface area contributed by atoms with Crippen LogP contribution in [0.1, 0.15) is 11.1 Å². The predicted octanol–water partition coefficient (Wildman–Crippen LogP) is 4.38. The molecule has 0 unspecified atom stereocenters. The van der Waals surface area contributed by atoms with Gasteiger partial charge in [0.1, 0.15) is 4.58 Å². The van der Waals surface area contributed by atoms with E-state index < -0.39 is 14.4 Å². The van der Waals surface area contributed by atoms with Crippen molar-refractivity contribution >= 4 is 21.6 Å². The zero-order valence-electron chi connectivity index (χ0n) is 12.1. The molecule has 0 radical (unpaired) electrons. The van der Waals surface area contributed by atoms with Crippen LogP contribution in [0.15, 0.2) is 71.0 Å². The van der Waals surface area contributed by atoms with Crippen molar-refractivity contribution in [2.75, 3.05) is 0 Å². The molecule has 2 nitrogen and oxygen atoms in total. The highest BCUT2D eigenvalue weighted by Crippen LogP contribution is 2.31. The van der Waals surface area contributed by atoms with E-state index in [1.807, 2.05) is 50.2 Å². The van der Waals surface area contributed by atoms with Gasteiger partial charge in [-0.1, -0.05) is 41.5 Å². The van der Waals surface area contributed by atoms with Gasteiger partial charge < -0.3 is 0 Å². The topological polar surface area (TPSA) is 34.1 Å². The smallest absolute Gasteiger partial charge is 0.194 e. The first-order valence-electron chi connectivity index (χ1n) is 6.60. The second-order valence-electron chi connectivity index (χ2n) is 4.89. The Morgan fingerprint density at radius 1 is 0.952 bits per heavy atom. The molecule has 110 valence electrons. The highest BCUT2D eigenvalue weighted by molar-refractivity contribution is 8.13. The summed E-state index contributed by atoms with van der Waals surface area (Å²) in [6.45, 7) is 7.62. The minimum absolute atomic E-state index is 0.331. The van der Waals surface area contributed by atoms with Crippen LogP contribution in [0.2, 0.25) is 0 Å². The Hall–Kier alpha value is -1.52. The minimum atomic E-state index is -3.43. The van der Waals surface area contributed by atoms with Gasteiger partial charge in [-0.3, -0.25) is 0 Å². The highest BCUT2D eigenvalue weighted by Gasteiger charge is 2.25. The maximum atomic E-state index is 12.7. The van der Waals surface area contributed by atoms with E-state index >= 15 is 0 Å². The molecule has 0 aliphatic rings. The standard InChI is InChI=1S/C17H18O2S2/c1-4-17(20-15-9-5-13(2)6-10-15)21(18,19)16-11-7-14(3)8-12-16/h4-12,17H,1H2,2-3H3/t17-/m1/s1. The van der Waals surface area contributed by atoms with Gasteiger partial charge in [-0.15, -0.1) is 18.3 Å². The van der Waals surface area contributed by atoms with Gasteiger partial charge in [-0.05, 0) is 38.1 Å². The maximum Gasteiger partial charge on any atom is 0.194 e. The van der Waals surface area contributed by atoms with Gasteiger partial charge in [0.25, 0.3) is 0 Å². The molecular formula is C17H18O2S2. The zero-order valence-corrected chi connectivity index (χ0v) is 13.7. The van der Waals surface area contributed by atoms with Gasteiger partial charge in [0.05, 0.1) is 4.90 Å². The summed E-state index contributed by atoms with van der Waals surface area (Å²) in [6, 6.07) is 14.7. The molecule has 2 aromatic carbocycles. The van der Waals surface area contributed by atoms with Crippen molar-refractivity contribution in [1.29, 1.82) is 0 Å². The lowest BCUT2D eigenvalue weighted by molar-refractivity contribution is 0.597. The Morgan fingerprint density at radius 2 is 1.43 bits per heavy atom. The number of rotatable bonds is 5. The molecule has 0 aliphatic carbocycles. The fraction of sp³-hybridized carbons (Fsp3) is 0.176. The highest BCUT2D eigenvalue weighted by atomic mass is 32.3. The van der Waals surface area contributed by atoms with E-state index in [1.54, 1.807) is 12.1 Å². The number of hydrogen-bond acceptors (Lipinski definition) is 3. The van der Waals surface area contributed by atoms with E-state index in [9.17, 15) is 8.42 Å². The van der Waals surface area contributed by atoms with Gasteiger partial charge in [0.15, 0.2) is 9.84 Å². The molecule has 0 aromatic heterocycles. The SMILES string of the molecule is C=C[C@H](Sc1ccc(C)cc1)S(=O)(=O)c1ccc(C)cc1. The van der Waals surface area contributed by atoms with Crippen molar-refractivity contribution in [3.8, 4) is 0 Å². The van der Waals surface area contributed by atoms with Crippen LogP contribution in [0.5, 0.6) is 0 Å². The van der Waals surface area contributed by atoms with Crippen LogP contribution in [-0.4, -0.2) is 13.0 Å². The monoisotopic (exact) mass is 318 g/mol. The number of thioether (sulfide) groups is 1. The first-order valence-corrected chi connectivity index (χ1v) is 9.02. The van der Waals surface area contributed by atoms with Crippen LogP contribution in [-0.2, 0) is 9.84 Å². The summed E-state index contributed by atoms with van der Waals surface area (Å²) >= 11 is 1.30. The van der Waals surface area contributed by atoms with E-state index in [0.29, 0.717) is 4.90 Å². The molecule has 4 heteroatoms. The molecule has 0 bridgehead atoms. The van der Waals surface area contributed by atoms with Crippen molar-refractivity contribution in [3.05, 3.63) is 72.3 Å². The Kier molecular flexibility index (Phi) is 4.91. The molecule has 21 heavy (non-hydrogen) atoms. The van der Waals surface area contributed by atoms with Gasteiger partial charge in [-0.2, -0.15) is 0 Å². The zero-order chi connectivity index (χ0) is 15.5. The molecule has 0 spiro atoms. The van der Waals surface area contributed by atoms with Gasteiger partial charge in [0.2, 0.25) is 0 Å². The summed E-state index contributed by atoms with van der Waals surface area (Å²) in [4.78, 5) is 1.25. The maximum absolute atomic E-state index is 12.7. The molecule has 0 aliphatic heterocycles. The minimum Gasteiger partial charge on any atom is -0.222 e. The van der Waals surface area contributed by atoms with E-state index in [-0.39, 0.29) is 0 Å². The average Bonchev–Trinajstić information content (AvgIpc) is 2.47. The number of benzene rings is 2. The third-order valence-electron chi connectivity index (χ3n) is 3.12. The fourth-order valence-corrected chi connectivity index (χ4v) is 4.72. The molecule has 0 saturated carbocycles. The van der Waals surface area contributed by atoms with Crippen molar-refractivity contribution in [3.63, 3.8) is 0 Å². The van der Waals surface area contributed by atoms with E-state index in [4.69, 9.17) is 0 Å². The summed E-state index contributed by atoms with van der Waals surface area (Å²) in [6.07, 6.45) is 1.49. The third kappa shape index (κ3) is 3.77. The molecule has 1 atom stereocenters. The molecule has 0 saturated heterocycles. The number of hydrogen-bond donors (Lipinski definition) is 0. The van der Waals surface area contributed by atoms with Gasteiger partial charge in [0, 0.05) is 4.90 Å². The summed E-state index contributed by atoms with van der Waals surface area (Å²) in [5.41, 5.74) is 2.19. The molecule has 0 heterocycles. The third-order valence-corrected chi connectivity index (χ3v) is 6.87. The van der Waals surface area contributed by atoms with Crippen LogP contribution in [0.3, 0.4) is 0 Å². The lowest BCUT2D eigenvalue weighted by Crippen LogP contribution is -2.15. The molecule has 2 aromatic rings. The Labute approximate surface area is 130 Å². The van der Waals surface area contributed by atoms with Crippen molar-refractivity contribution in [2.45, 2.75) is 28.2 Å². The average molecular weight is 318 g/mol. The van der Waals surface area contributed by atoms with Crippen LogP contribution < -0.4 is 0 Å². The first kappa shape index (κ1) is 15.9. The van der Waals surface area contributed by atoms with E-state index in [2.05, 4.69) is 6.58 Å². The Bertz CT molecular complexity index is 714. The Morgan fingerprint density at radius 3 is 1.90 bits per heavy atom. The predicted molar refractivity (Wildman–Crippen MR) is 89.4 cm³/mol. The van der Waals surface area contributed by atoms with E-state index in [0.717, 1.165) is 16.0 Å². The lowest BCUT2D eigenvalue weighted by Gasteiger charge is -2.14. The summed E-state index contributed by atoms with van der Waals surface area (Å²) in [5.74, 6) is 0. The van der Waals surface area contributed by atoms with Crippen molar-refractivity contribution in [1.82, 2.24) is 0 Å². The molecule has 0 amide bonds. The van der Waals surface area contributed by atoms with E-state index in [1.165, 1.54) is 17.8 Å². The second-order valence-corrected chi connectivity index (χ2v) is 8.48. The van der Waals surface area contributed by atoms with Gasteiger partial charge >= 0.3 is 0 Å². The van der Waals surface area contributed by atoms with Crippen LogP contribution in [0.25, 0.3) is 0 Å². The normalized spacial score (nSPS) is 12.9. The Balaban J connectivity index is 2.29. The summed E-state index contributed by atoms with van der Waals surface area (Å²) in [5, 5.41) is 0. The summed E-state index contributed by atoms with van der Waals surface area (Å²) < 4.78 is 24.6. The quantitative estimate of drug-likeness (QED) is 0.606. The molecule has 2 rings (SSSR count). The molecule has 0 fully saturated rings. The first-order chi connectivity index (χ1) is 9.93. The van der Waals surface area contributed by atoms with Crippen LogP contribution in [0.4, 0.5) is 0 Å². The van der Waals surface area contributed by atoms with Crippen LogP contribution in [0, 0.1) is 13.8 Å². The molecular weight excluding hydrogens is 300 g/mol. The fourth-order valence-electron chi connectivity index (χ4n) is 1.85. The largest absolute Gasteiger partial charge is 0.222 e. The second kappa shape index (κ2) is 6.50. The molecule has 0 N–H and O–H groups in total. The lowest BCUT2D eigenvalue weighted by atomic mass is 10.2. The number of sulfone groups is 1. The van der Waals surface area contributed by atoms with Crippen molar-refractivity contribution in [2.24, 2.45) is 0 Å². The van der Waals surface area contributed by atoms with Crippen LogP contribution >= 0.6 is 11.8 Å². The van der Waals surface area contributed by atoms with Crippen molar-refractivity contribution < 1.29 is 8.42 Å². The van der Waals surface area contributed by atoms with Gasteiger partial charge in [-0.25, -0.2) is 8.42 Å².